The van der Waals surface area contributed by atoms with Crippen molar-refractivity contribution < 1.29 is 15.8 Å². The van der Waals surface area contributed by atoms with E-state index in [2.05, 4.69) is 9.97 Å². The van der Waals surface area contributed by atoms with E-state index < -0.39 is 16.3 Å². The number of ether oxygens (including phenoxy) is 1. The first-order valence-corrected chi connectivity index (χ1v) is 8.08. The van der Waals surface area contributed by atoms with Crippen molar-refractivity contribution in [3.05, 3.63) is 24.3 Å². The molecule has 1 saturated heterocycles. The van der Waals surface area contributed by atoms with Crippen LogP contribution in [0.25, 0.3) is 11.0 Å². The van der Waals surface area contributed by atoms with Gasteiger partial charge < -0.3 is 9.72 Å². The van der Waals surface area contributed by atoms with Gasteiger partial charge in [0.15, 0.2) is 15.7 Å². The molecule has 0 spiro atoms. The van der Waals surface area contributed by atoms with Gasteiger partial charge >= 0.3 is 5.97 Å². The van der Waals surface area contributed by atoms with Crippen LogP contribution in [0.3, 0.4) is 0 Å². The summed E-state index contributed by atoms with van der Waals surface area (Å²) in [5.41, 5.74) is 1.06. The van der Waals surface area contributed by atoms with Crippen LogP contribution in [0.1, 0.15) is 35.0 Å². The number of nitrogens with zero attached hydrogens (tertiary/aromatic N) is 1. The quantitative estimate of drug-likeness (QED) is 0.691. The lowest BCUT2D eigenvalue weighted by Gasteiger charge is -2.21. The number of rotatable bonds is 4. The first-order chi connectivity index (χ1) is 10.4. The molecule has 0 bridgehead atoms. The van der Waals surface area contributed by atoms with Crippen LogP contribution in [-0.2, 0) is 14.3 Å². The van der Waals surface area contributed by atoms with Crippen molar-refractivity contribution in [3.8, 4) is 0 Å². The maximum Gasteiger partial charge on any atom is 0.331 e. The Hall–Kier alpha value is -1.82. The molecule has 1 aromatic carbocycles. The number of aromatic amines is 1. The third-order valence-electron chi connectivity index (χ3n) is 3.78. The molecule has 0 amide bonds. The van der Waals surface area contributed by atoms with Gasteiger partial charge in [0.05, 0.1) is 11.0 Å². The summed E-state index contributed by atoms with van der Waals surface area (Å²) in [6.07, 6.45) is 0.644. The molecule has 22 heavy (non-hydrogen) atoms. The summed E-state index contributed by atoms with van der Waals surface area (Å²) in [5, 5.41) is 0.567. The summed E-state index contributed by atoms with van der Waals surface area (Å²) in [6, 6.07) is 7.62. The molecule has 118 valence electrons. The van der Waals surface area contributed by atoms with Crippen molar-refractivity contribution in [2.24, 2.45) is 0 Å². The number of para-hydroxylation sites is 2. The molecular formula is C16H20N2O3S. The third kappa shape index (κ3) is 2.41. The summed E-state index contributed by atoms with van der Waals surface area (Å²) in [4.78, 5) is 32.6. The molecule has 6 heteroatoms. The number of hydrogen-bond acceptors (Lipinski definition) is 5. The van der Waals surface area contributed by atoms with Crippen LogP contribution in [0.15, 0.2) is 29.4 Å². The lowest BCUT2D eigenvalue weighted by molar-refractivity contribution is -0.148. The number of ketones is 1. The molecule has 1 fully saturated rings. The number of cyclic esters (lactones) is 1. The molecule has 1 aromatic heterocycles. The highest BCUT2D eigenvalue weighted by Crippen LogP contribution is 2.47. The highest BCUT2D eigenvalue weighted by Gasteiger charge is 2.58. The predicted octanol–water partition coefficient (Wildman–Crippen LogP) is 3.34. The summed E-state index contributed by atoms with van der Waals surface area (Å²) < 4.78 is 4.21. The molecule has 1 N–H and O–H groups in total. The molecule has 2 heterocycles. The van der Waals surface area contributed by atoms with Crippen molar-refractivity contribution in [1.29, 1.82) is 0 Å². The standard InChI is InChI=1S/C16H18N2O3S.H2/c1-4-12(19)16(9-15(2,3)21-13(16)20)22-14-17-10-7-5-6-8-11(10)18-14;/h5-8H,4,9H2,1-3H3,(H,17,18);1H. The van der Waals surface area contributed by atoms with E-state index in [0.29, 0.717) is 18.0 Å². The maximum absolute atomic E-state index is 12.5. The van der Waals surface area contributed by atoms with Crippen LogP contribution in [0.2, 0.25) is 0 Å². The second-order valence-corrected chi connectivity index (χ2v) is 7.38. The Balaban J connectivity index is 0.00000192. The number of esters is 1. The van der Waals surface area contributed by atoms with Crippen molar-refractivity contribution in [1.82, 2.24) is 9.97 Å². The van der Waals surface area contributed by atoms with Gasteiger partial charge in [0.1, 0.15) is 5.60 Å². The third-order valence-corrected chi connectivity index (χ3v) is 5.06. The molecule has 1 aliphatic rings. The Bertz CT molecular complexity index is 726. The van der Waals surface area contributed by atoms with Gasteiger partial charge in [-0.05, 0) is 26.0 Å². The van der Waals surface area contributed by atoms with Gasteiger partial charge in [-0.3, -0.25) is 9.59 Å². The summed E-state index contributed by atoms with van der Waals surface area (Å²) in [7, 11) is 0. The van der Waals surface area contributed by atoms with Crippen molar-refractivity contribution in [2.45, 2.75) is 49.1 Å². The van der Waals surface area contributed by atoms with Crippen LogP contribution in [0.5, 0.6) is 0 Å². The topological polar surface area (TPSA) is 72.1 Å². The van der Waals surface area contributed by atoms with E-state index in [4.69, 9.17) is 4.74 Å². The Morgan fingerprint density at radius 3 is 2.77 bits per heavy atom. The van der Waals surface area contributed by atoms with Crippen LogP contribution in [-0.4, -0.2) is 32.1 Å². The highest BCUT2D eigenvalue weighted by atomic mass is 32.2. The van der Waals surface area contributed by atoms with Gasteiger partial charge in [-0.25, -0.2) is 4.98 Å². The zero-order chi connectivity index (χ0) is 16.0. The lowest BCUT2D eigenvalue weighted by Crippen LogP contribution is -2.40. The molecule has 1 aliphatic heterocycles. The number of H-pyrrole nitrogens is 1. The van der Waals surface area contributed by atoms with E-state index >= 15 is 0 Å². The van der Waals surface area contributed by atoms with E-state index in [1.165, 1.54) is 11.8 Å². The number of hydrogen-bond donors (Lipinski definition) is 1. The number of thioether (sulfide) groups is 1. The summed E-state index contributed by atoms with van der Waals surface area (Å²) in [6.45, 7) is 5.42. The van der Waals surface area contributed by atoms with Crippen LogP contribution >= 0.6 is 11.8 Å². The Labute approximate surface area is 134 Å². The maximum atomic E-state index is 12.5. The number of Topliss-reactive ketones (excluding diaryl/α,β-unsaturated/α-hetero) is 1. The number of fused-ring (bicyclic) bond motifs is 1. The van der Waals surface area contributed by atoms with Gasteiger partial charge in [-0.15, -0.1) is 0 Å². The van der Waals surface area contributed by atoms with E-state index in [1.807, 2.05) is 38.1 Å². The van der Waals surface area contributed by atoms with E-state index in [1.54, 1.807) is 6.92 Å². The fourth-order valence-electron chi connectivity index (χ4n) is 2.82. The second kappa shape index (κ2) is 5.12. The lowest BCUT2D eigenvalue weighted by atomic mass is 9.92. The number of aromatic nitrogens is 2. The normalized spacial score (nSPS) is 23.7. The molecule has 3 rings (SSSR count). The number of carbonyl (C=O) groups excluding carboxylic acids is 2. The molecule has 0 aliphatic carbocycles. The summed E-state index contributed by atoms with van der Waals surface area (Å²) in [5.74, 6) is -0.580. The average molecular weight is 320 g/mol. The van der Waals surface area contributed by atoms with Crippen molar-refractivity contribution in [2.75, 3.05) is 0 Å². The SMILES string of the molecule is CCC(=O)C1(Sc2nc3ccccc3[nH]2)CC(C)(C)OC1=O.[HH]. The molecule has 5 nitrogen and oxygen atoms in total. The van der Waals surface area contributed by atoms with Gasteiger partial charge in [0.25, 0.3) is 0 Å². The highest BCUT2D eigenvalue weighted by molar-refractivity contribution is 8.02. The minimum atomic E-state index is -1.20. The van der Waals surface area contributed by atoms with Gasteiger partial charge in [0, 0.05) is 14.3 Å². The van der Waals surface area contributed by atoms with Crippen molar-refractivity contribution >= 4 is 34.5 Å². The first-order valence-electron chi connectivity index (χ1n) is 7.27. The van der Waals surface area contributed by atoms with E-state index in [-0.39, 0.29) is 7.21 Å². The Kier molecular flexibility index (Phi) is 3.51. The van der Waals surface area contributed by atoms with Crippen LogP contribution in [0.4, 0.5) is 0 Å². The largest absolute Gasteiger partial charge is 0.458 e. The van der Waals surface area contributed by atoms with Gasteiger partial charge in [0.2, 0.25) is 0 Å². The van der Waals surface area contributed by atoms with Gasteiger partial charge in [-0.1, -0.05) is 30.8 Å². The Morgan fingerprint density at radius 1 is 1.45 bits per heavy atom. The number of nitrogens with one attached hydrogen (secondary N) is 1. The monoisotopic (exact) mass is 320 g/mol. The van der Waals surface area contributed by atoms with E-state index in [0.717, 1.165) is 11.0 Å². The van der Waals surface area contributed by atoms with Crippen LogP contribution < -0.4 is 0 Å². The minimum absolute atomic E-state index is 0. The zero-order valence-corrected chi connectivity index (χ0v) is 13.6. The fraction of sp³-hybridized carbons (Fsp3) is 0.438. The smallest absolute Gasteiger partial charge is 0.331 e. The van der Waals surface area contributed by atoms with Crippen LogP contribution in [0, 0.1) is 0 Å². The molecule has 1 unspecified atom stereocenters. The average Bonchev–Trinajstić information content (AvgIpc) is 2.96. The second-order valence-electron chi connectivity index (χ2n) is 6.09. The van der Waals surface area contributed by atoms with E-state index in [9.17, 15) is 9.59 Å². The molecule has 2 aromatic rings. The van der Waals surface area contributed by atoms with Gasteiger partial charge in [-0.2, -0.15) is 0 Å². The fourth-order valence-corrected chi connectivity index (χ4v) is 4.25. The number of imidazole rings is 1. The zero-order valence-electron chi connectivity index (χ0n) is 12.8. The predicted molar refractivity (Wildman–Crippen MR) is 86.9 cm³/mol. The molecular weight excluding hydrogens is 300 g/mol. The number of carbonyl (C=O) groups is 2. The Morgan fingerprint density at radius 2 is 2.18 bits per heavy atom. The number of benzene rings is 1. The summed E-state index contributed by atoms with van der Waals surface area (Å²) >= 11 is 1.18. The molecule has 0 saturated carbocycles. The van der Waals surface area contributed by atoms with Crippen molar-refractivity contribution in [3.63, 3.8) is 0 Å². The minimum Gasteiger partial charge on any atom is -0.458 e. The molecule has 1 atom stereocenters. The molecule has 0 radical (unpaired) electrons. The first kappa shape index (κ1) is 15.1.